The number of nitrogens with zero attached hydrogens (tertiary/aromatic N) is 1. The molecular formula is C17H32N2O. The van der Waals surface area contributed by atoms with Gasteiger partial charge in [0.15, 0.2) is 0 Å². The van der Waals surface area contributed by atoms with Crippen molar-refractivity contribution in [2.45, 2.75) is 58.8 Å². The minimum absolute atomic E-state index is 0.352. The second-order valence-corrected chi connectivity index (χ2v) is 7.37. The van der Waals surface area contributed by atoms with Crippen molar-refractivity contribution in [1.82, 2.24) is 4.90 Å². The topological polar surface area (TPSA) is 46.3 Å². The van der Waals surface area contributed by atoms with Gasteiger partial charge in [-0.05, 0) is 49.5 Å². The van der Waals surface area contributed by atoms with E-state index in [4.69, 9.17) is 5.73 Å². The molecule has 2 fully saturated rings. The van der Waals surface area contributed by atoms with Crippen molar-refractivity contribution >= 4 is 5.91 Å². The van der Waals surface area contributed by atoms with E-state index in [2.05, 4.69) is 18.7 Å². The van der Waals surface area contributed by atoms with Crippen molar-refractivity contribution in [2.75, 3.05) is 19.6 Å². The number of hydrogen-bond acceptors (Lipinski definition) is 2. The summed E-state index contributed by atoms with van der Waals surface area (Å²) in [7, 11) is 0. The van der Waals surface area contributed by atoms with Crippen molar-refractivity contribution in [1.29, 1.82) is 0 Å². The van der Waals surface area contributed by atoms with Crippen molar-refractivity contribution < 1.29 is 4.79 Å². The Balaban J connectivity index is 1.83. The third kappa shape index (κ3) is 4.21. The molecule has 3 atom stereocenters. The Kier molecular flexibility index (Phi) is 5.88. The molecule has 3 heteroatoms. The first-order chi connectivity index (χ1) is 9.60. The van der Waals surface area contributed by atoms with E-state index in [9.17, 15) is 4.79 Å². The molecule has 0 aromatic carbocycles. The molecule has 2 N–H and O–H groups in total. The fourth-order valence-corrected chi connectivity index (χ4v) is 4.13. The summed E-state index contributed by atoms with van der Waals surface area (Å²) < 4.78 is 0. The molecule has 0 radical (unpaired) electrons. The maximum absolute atomic E-state index is 12.5. The van der Waals surface area contributed by atoms with Crippen LogP contribution in [0.3, 0.4) is 0 Å². The zero-order chi connectivity index (χ0) is 14.5. The van der Waals surface area contributed by atoms with Crippen LogP contribution in [0.5, 0.6) is 0 Å². The highest BCUT2D eigenvalue weighted by molar-refractivity contribution is 5.76. The maximum atomic E-state index is 12.5. The molecule has 3 nitrogen and oxygen atoms in total. The van der Waals surface area contributed by atoms with Crippen molar-refractivity contribution in [3.8, 4) is 0 Å². The van der Waals surface area contributed by atoms with Gasteiger partial charge >= 0.3 is 0 Å². The summed E-state index contributed by atoms with van der Waals surface area (Å²) in [6.07, 6.45) is 8.45. The van der Waals surface area contributed by atoms with Crippen LogP contribution in [-0.4, -0.2) is 30.4 Å². The zero-order valence-electron chi connectivity index (χ0n) is 13.3. The van der Waals surface area contributed by atoms with Crippen LogP contribution in [0.2, 0.25) is 0 Å². The number of likely N-dealkylation sites (tertiary alicyclic amines) is 1. The fourth-order valence-electron chi connectivity index (χ4n) is 4.13. The maximum Gasteiger partial charge on any atom is 0.222 e. The summed E-state index contributed by atoms with van der Waals surface area (Å²) in [6, 6.07) is 0. The molecule has 1 heterocycles. The second kappa shape index (κ2) is 7.44. The van der Waals surface area contributed by atoms with Gasteiger partial charge in [-0.3, -0.25) is 4.79 Å². The van der Waals surface area contributed by atoms with Gasteiger partial charge in [0.25, 0.3) is 0 Å². The summed E-state index contributed by atoms with van der Waals surface area (Å²) in [5.41, 5.74) is 5.83. The average molecular weight is 280 g/mol. The molecule has 1 aliphatic carbocycles. The number of nitrogens with two attached hydrogens (primary N) is 1. The van der Waals surface area contributed by atoms with E-state index in [0.29, 0.717) is 30.7 Å². The van der Waals surface area contributed by atoms with Crippen LogP contribution in [0, 0.1) is 23.7 Å². The van der Waals surface area contributed by atoms with Crippen LogP contribution in [0.25, 0.3) is 0 Å². The number of rotatable bonds is 5. The van der Waals surface area contributed by atoms with E-state index in [1.807, 2.05) is 0 Å². The van der Waals surface area contributed by atoms with Crippen LogP contribution in [0.1, 0.15) is 58.8 Å². The van der Waals surface area contributed by atoms with Gasteiger partial charge in [-0.2, -0.15) is 0 Å². The van der Waals surface area contributed by atoms with E-state index < -0.39 is 0 Å². The van der Waals surface area contributed by atoms with E-state index in [1.165, 1.54) is 32.1 Å². The normalized spacial score (nSPS) is 28.3. The molecule has 0 spiro atoms. The standard InChI is InChI=1S/C17H32N2O/c1-13(2)9-14(11-18)10-17(20)19-8-7-15-5-3-4-6-16(15)12-19/h13-16H,3-12,18H2,1-2H3. The van der Waals surface area contributed by atoms with Gasteiger partial charge in [0, 0.05) is 19.5 Å². The first-order valence-corrected chi connectivity index (χ1v) is 8.58. The highest BCUT2D eigenvalue weighted by Gasteiger charge is 2.33. The Hall–Kier alpha value is -0.570. The van der Waals surface area contributed by atoms with Crippen LogP contribution in [0.15, 0.2) is 0 Å². The number of hydrogen-bond donors (Lipinski definition) is 1. The Morgan fingerprint density at radius 2 is 1.90 bits per heavy atom. The fraction of sp³-hybridized carbons (Fsp3) is 0.941. The molecule has 1 amide bonds. The molecule has 1 saturated carbocycles. The van der Waals surface area contributed by atoms with Crippen molar-refractivity contribution in [3.05, 3.63) is 0 Å². The minimum Gasteiger partial charge on any atom is -0.342 e. The van der Waals surface area contributed by atoms with Crippen molar-refractivity contribution in [2.24, 2.45) is 29.4 Å². The molecule has 0 aromatic heterocycles. The average Bonchev–Trinajstić information content (AvgIpc) is 2.45. The van der Waals surface area contributed by atoms with Gasteiger partial charge in [-0.1, -0.05) is 33.1 Å². The SMILES string of the molecule is CC(C)CC(CN)CC(=O)N1CCC2CCCCC2C1. The third-order valence-corrected chi connectivity index (χ3v) is 5.25. The van der Waals surface area contributed by atoms with Crippen LogP contribution in [0.4, 0.5) is 0 Å². The zero-order valence-corrected chi connectivity index (χ0v) is 13.3. The van der Waals surface area contributed by atoms with E-state index in [1.54, 1.807) is 0 Å². The molecule has 0 bridgehead atoms. The number of amides is 1. The summed E-state index contributed by atoms with van der Waals surface area (Å²) in [5.74, 6) is 3.02. The highest BCUT2D eigenvalue weighted by atomic mass is 16.2. The molecule has 2 rings (SSSR count). The monoisotopic (exact) mass is 280 g/mol. The van der Waals surface area contributed by atoms with E-state index in [-0.39, 0.29) is 0 Å². The first-order valence-electron chi connectivity index (χ1n) is 8.58. The predicted molar refractivity (Wildman–Crippen MR) is 83.3 cm³/mol. The summed E-state index contributed by atoms with van der Waals surface area (Å²) in [6.45, 7) is 7.06. The lowest BCUT2D eigenvalue weighted by Gasteiger charge is -2.41. The highest BCUT2D eigenvalue weighted by Crippen LogP contribution is 2.36. The molecule has 116 valence electrons. The first kappa shape index (κ1) is 15.8. The quantitative estimate of drug-likeness (QED) is 0.841. The molecular weight excluding hydrogens is 248 g/mol. The molecule has 1 aliphatic heterocycles. The minimum atomic E-state index is 0.352. The smallest absolute Gasteiger partial charge is 0.222 e. The van der Waals surface area contributed by atoms with Gasteiger partial charge in [0.2, 0.25) is 5.91 Å². The lowest BCUT2D eigenvalue weighted by Crippen LogP contribution is -2.45. The lowest BCUT2D eigenvalue weighted by molar-refractivity contribution is -0.135. The Morgan fingerprint density at radius 3 is 2.55 bits per heavy atom. The van der Waals surface area contributed by atoms with Gasteiger partial charge in [0.05, 0.1) is 0 Å². The summed E-state index contributed by atoms with van der Waals surface area (Å²) in [5, 5.41) is 0. The molecule has 2 aliphatic rings. The third-order valence-electron chi connectivity index (χ3n) is 5.25. The molecule has 20 heavy (non-hydrogen) atoms. The number of carbonyl (C=O) groups is 1. The molecule has 1 saturated heterocycles. The largest absolute Gasteiger partial charge is 0.342 e. The Bertz CT molecular complexity index is 316. The van der Waals surface area contributed by atoms with Gasteiger partial charge in [-0.25, -0.2) is 0 Å². The summed E-state index contributed by atoms with van der Waals surface area (Å²) >= 11 is 0. The number of fused-ring (bicyclic) bond motifs is 1. The van der Waals surface area contributed by atoms with Gasteiger partial charge in [0.1, 0.15) is 0 Å². The molecule has 0 aromatic rings. The Morgan fingerprint density at radius 1 is 1.20 bits per heavy atom. The van der Waals surface area contributed by atoms with Gasteiger partial charge in [-0.15, -0.1) is 0 Å². The predicted octanol–water partition coefficient (Wildman–Crippen LogP) is 3.04. The van der Waals surface area contributed by atoms with Gasteiger partial charge < -0.3 is 10.6 Å². The summed E-state index contributed by atoms with van der Waals surface area (Å²) in [4.78, 5) is 14.6. The van der Waals surface area contributed by atoms with Crippen LogP contribution >= 0.6 is 0 Å². The van der Waals surface area contributed by atoms with Crippen LogP contribution < -0.4 is 5.73 Å². The lowest BCUT2D eigenvalue weighted by atomic mass is 9.75. The van der Waals surface area contributed by atoms with E-state index >= 15 is 0 Å². The molecule has 3 unspecified atom stereocenters. The van der Waals surface area contributed by atoms with E-state index in [0.717, 1.165) is 31.3 Å². The van der Waals surface area contributed by atoms with Crippen molar-refractivity contribution in [3.63, 3.8) is 0 Å². The number of piperidine rings is 1. The van der Waals surface area contributed by atoms with Crippen LogP contribution in [-0.2, 0) is 4.79 Å². The second-order valence-electron chi connectivity index (χ2n) is 7.37. The number of carbonyl (C=O) groups excluding carboxylic acids is 1. The Labute approximate surface area is 124 Å².